The van der Waals surface area contributed by atoms with Crippen molar-refractivity contribution < 1.29 is 0 Å². The van der Waals surface area contributed by atoms with Gasteiger partial charge >= 0.3 is 0 Å². The average Bonchev–Trinajstić information content (AvgIpc) is 2.88. The van der Waals surface area contributed by atoms with Crippen LogP contribution in [0.2, 0.25) is 0 Å². The van der Waals surface area contributed by atoms with Crippen LogP contribution in [-0.2, 0) is 0 Å². The van der Waals surface area contributed by atoms with Crippen molar-refractivity contribution in [1.29, 1.82) is 0 Å². The highest BCUT2D eigenvalue weighted by atomic mass is 14.6. The Morgan fingerprint density at radius 2 is 1.71 bits per heavy atom. The van der Waals surface area contributed by atoms with Gasteiger partial charge in [-0.2, -0.15) is 0 Å². The molecule has 0 heteroatoms. The van der Waals surface area contributed by atoms with E-state index in [1.165, 1.54) is 19.3 Å². The monoisotopic (exact) mass is 288 g/mol. The van der Waals surface area contributed by atoms with Gasteiger partial charge in [0.1, 0.15) is 0 Å². The molecule has 0 spiro atoms. The van der Waals surface area contributed by atoms with E-state index in [4.69, 9.17) is 0 Å². The quantitative estimate of drug-likeness (QED) is 0.520. The topological polar surface area (TPSA) is 0 Å². The standard InChI is InChI=1S/C21H36/c1-4-15-9-13-21(3)16(14-15)7-8-17-18-6-5-11-20(18,2)12-10-19(17)21/h15-19H,4-14H2,1-3H3/t15-,16-,17-,18-,19-,20-,21-/m0/s1. The van der Waals surface area contributed by atoms with E-state index in [9.17, 15) is 0 Å². The fourth-order valence-electron chi connectivity index (χ4n) is 7.71. The summed E-state index contributed by atoms with van der Waals surface area (Å²) in [5.41, 5.74) is 1.46. The molecule has 0 N–H and O–H groups in total. The van der Waals surface area contributed by atoms with Crippen molar-refractivity contribution in [3.05, 3.63) is 0 Å². The Kier molecular flexibility index (Phi) is 3.47. The predicted molar refractivity (Wildman–Crippen MR) is 90.1 cm³/mol. The predicted octanol–water partition coefficient (Wildman–Crippen LogP) is 6.45. The zero-order valence-electron chi connectivity index (χ0n) is 14.7. The van der Waals surface area contributed by atoms with Gasteiger partial charge in [0.15, 0.2) is 0 Å². The smallest absolute Gasteiger partial charge is 0.0266 e. The van der Waals surface area contributed by atoms with Crippen molar-refractivity contribution in [3.8, 4) is 0 Å². The van der Waals surface area contributed by atoms with Crippen LogP contribution < -0.4 is 0 Å². The highest BCUT2D eigenvalue weighted by molar-refractivity contribution is 5.07. The molecule has 0 aromatic heterocycles. The Labute approximate surface area is 132 Å². The lowest BCUT2D eigenvalue weighted by Gasteiger charge is -2.60. The Morgan fingerprint density at radius 1 is 0.857 bits per heavy atom. The van der Waals surface area contributed by atoms with Gasteiger partial charge in [-0.1, -0.05) is 33.6 Å². The van der Waals surface area contributed by atoms with E-state index in [1.54, 1.807) is 51.4 Å². The van der Waals surface area contributed by atoms with Crippen LogP contribution >= 0.6 is 0 Å². The third-order valence-corrected chi connectivity index (χ3v) is 9.13. The van der Waals surface area contributed by atoms with Crippen LogP contribution in [0.15, 0.2) is 0 Å². The zero-order valence-corrected chi connectivity index (χ0v) is 14.7. The van der Waals surface area contributed by atoms with Crippen LogP contribution in [0.5, 0.6) is 0 Å². The summed E-state index contributed by atoms with van der Waals surface area (Å²) in [5, 5.41) is 0. The van der Waals surface area contributed by atoms with E-state index >= 15 is 0 Å². The Bertz CT molecular complexity index is 399. The maximum atomic E-state index is 2.72. The second-order valence-electron chi connectivity index (χ2n) is 9.79. The molecule has 0 saturated heterocycles. The first kappa shape index (κ1) is 14.6. The van der Waals surface area contributed by atoms with E-state index in [0.717, 1.165) is 40.4 Å². The first-order valence-corrected chi connectivity index (χ1v) is 10.1. The zero-order chi connectivity index (χ0) is 14.7. The molecule has 21 heavy (non-hydrogen) atoms. The molecular weight excluding hydrogens is 252 g/mol. The molecule has 0 aromatic carbocycles. The molecule has 0 radical (unpaired) electrons. The first-order chi connectivity index (χ1) is 10.1. The average molecular weight is 289 g/mol. The summed E-state index contributed by atoms with van der Waals surface area (Å²) in [7, 11) is 0. The van der Waals surface area contributed by atoms with Gasteiger partial charge in [-0.15, -0.1) is 0 Å². The van der Waals surface area contributed by atoms with E-state index < -0.39 is 0 Å². The molecule has 0 bridgehead atoms. The van der Waals surface area contributed by atoms with Crippen molar-refractivity contribution in [2.24, 2.45) is 40.4 Å². The molecular formula is C21H36. The third kappa shape index (κ3) is 2.07. The highest BCUT2D eigenvalue weighted by Crippen LogP contribution is 2.66. The SMILES string of the molecule is CC[C@H]1CC[C@@]2(C)[C@@H](CC[C@H]3[C@@H]4CCC[C@@]4(C)CC[C@@H]32)C1. The van der Waals surface area contributed by atoms with E-state index in [2.05, 4.69) is 20.8 Å². The summed E-state index contributed by atoms with van der Waals surface area (Å²) in [6.07, 6.45) is 17.0. The van der Waals surface area contributed by atoms with Crippen LogP contribution in [0.3, 0.4) is 0 Å². The summed E-state index contributed by atoms with van der Waals surface area (Å²) in [6, 6.07) is 0. The lowest BCUT2D eigenvalue weighted by Crippen LogP contribution is -2.52. The number of hydrogen-bond donors (Lipinski definition) is 0. The largest absolute Gasteiger partial charge is 0.0651 e. The van der Waals surface area contributed by atoms with Crippen molar-refractivity contribution in [1.82, 2.24) is 0 Å². The summed E-state index contributed by atoms with van der Waals surface area (Å²) >= 11 is 0. The third-order valence-electron chi connectivity index (χ3n) is 9.13. The first-order valence-electron chi connectivity index (χ1n) is 10.1. The molecule has 4 aliphatic carbocycles. The van der Waals surface area contributed by atoms with Crippen molar-refractivity contribution >= 4 is 0 Å². The van der Waals surface area contributed by atoms with Crippen molar-refractivity contribution in [3.63, 3.8) is 0 Å². The lowest BCUT2D eigenvalue weighted by atomic mass is 9.44. The second kappa shape index (κ2) is 5.00. The molecule has 4 saturated carbocycles. The van der Waals surface area contributed by atoms with Gasteiger partial charge < -0.3 is 0 Å². The molecule has 0 aliphatic heterocycles. The fraction of sp³-hybridized carbons (Fsp3) is 1.00. The minimum absolute atomic E-state index is 0.721. The van der Waals surface area contributed by atoms with Crippen molar-refractivity contribution in [2.75, 3.05) is 0 Å². The van der Waals surface area contributed by atoms with Gasteiger partial charge in [0.25, 0.3) is 0 Å². The minimum Gasteiger partial charge on any atom is -0.0651 e. The van der Waals surface area contributed by atoms with Gasteiger partial charge in [-0.05, 0) is 98.2 Å². The van der Waals surface area contributed by atoms with Gasteiger partial charge in [0, 0.05) is 0 Å². The summed E-state index contributed by atoms with van der Waals surface area (Å²) in [6.45, 7) is 7.78. The lowest BCUT2D eigenvalue weighted by molar-refractivity contribution is -0.111. The molecule has 0 aromatic rings. The number of rotatable bonds is 1. The van der Waals surface area contributed by atoms with E-state index in [-0.39, 0.29) is 0 Å². The van der Waals surface area contributed by atoms with E-state index in [0.29, 0.717) is 0 Å². The molecule has 0 heterocycles. The summed E-state index contributed by atoms with van der Waals surface area (Å²) in [4.78, 5) is 0. The maximum absolute atomic E-state index is 2.72. The van der Waals surface area contributed by atoms with Crippen LogP contribution in [0.1, 0.15) is 91.4 Å². The van der Waals surface area contributed by atoms with Gasteiger partial charge in [0.05, 0.1) is 0 Å². The minimum atomic E-state index is 0.721. The Hall–Kier alpha value is 0. The molecule has 4 rings (SSSR count). The second-order valence-corrected chi connectivity index (χ2v) is 9.79. The Balaban J connectivity index is 1.59. The molecule has 7 atom stereocenters. The molecule has 0 amide bonds. The molecule has 4 fully saturated rings. The summed E-state index contributed by atoms with van der Waals surface area (Å²) in [5.74, 6) is 5.41. The summed E-state index contributed by atoms with van der Waals surface area (Å²) < 4.78 is 0. The van der Waals surface area contributed by atoms with Crippen LogP contribution in [0, 0.1) is 40.4 Å². The Morgan fingerprint density at radius 3 is 2.52 bits per heavy atom. The fourth-order valence-corrected chi connectivity index (χ4v) is 7.71. The highest BCUT2D eigenvalue weighted by Gasteiger charge is 2.57. The molecule has 4 aliphatic rings. The van der Waals surface area contributed by atoms with E-state index in [1.807, 2.05) is 0 Å². The molecule has 0 nitrogen and oxygen atoms in total. The van der Waals surface area contributed by atoms with Gasteiger partial charge in [-0.25, -0.2) is 0 Å². The molecule has 0 unspecified atom stereocenters. The van der Waals surface area contributed by atoms with Crippen LogP contribution in [0.4, 0.5) is 0 Å². The van der Waals surface area contributed by atoms with Crippen LogP contribution in [0.25, 0.3) is 0 Å². The van der Waals surface area contributed by atoms with Crippen LogP contribution in [-0.4, -0.2) is 0 Å². The number of hydrogen-bond acceptors (Lipinski definition) is 0. The maximum Gasteiger partial charge on any atom is -0.0266 e. The normalized spacial score (nSPS) is 56.4. The molecule has 120 valence electrons. The van der Waals surface area contributed by atoms with Gasteiger partial charge in [0.2, 0.25) is 0 Å². The number of fused-ring (bicyclic) bond motifs is 5. The van der Waals surface area contributed by atoms with Crippen molar-refractivity contribution in [2.45, 2.75) is 91.4 Å². The van der Waals surface area contributed by atoms with Gasteiger partial charge in [-0.3, -0.25) is 0 Å².